The highest BCUT2D eigenvalue weighted by molar-refractivity contribution is 5.34. The monoisotopic (exact) mass is 248 g/mol. The fourth-order valence-electron chi connectivity index (χ4n) is 1.39. The lowest BCUT2D eigenvalue weighted by Crippen LogP contribution is -2.02. The van der Waals surface area contributed by atoms with Gasteiger partial charge >= 0.3 is 0 Å². The van der Waals surface area contributed by atoms with Crippen LogP contribution in [0.1, 0.15) is 5.69 Å². The molecule has 0 aliphatic heterocycles. The van der Waals surface area contributed by atoms with E-state index in [0.717, 1.165) is 0 Å². The minimum Gasteiger partial charge on any atom is -0.487 e. The summed E-state index contributed by atoms with van der Waals surface area (Å²) < 4.78 is 18.0. The second-order valence-electron chi connectivity index (χ2n) is 3.47. The normalized spacial score (nSPS) is 10.1. The number of halogens is 1. The molecule has 0 spiro atoms. The van der Waals surface area contributed by atoms with Crippen LogP contribution < -0.4 is 4.74 Å². The van der Waals surface area contributed by atoms with Crippen LogP contribution in [0.4, 0.5) is 10.1 Å². The van der Waals surface area contributed by atoms with Crippen LogP contribution in [-0.2, 0) is 6.61 Å². The van der Waals surface area contributed by atoms with Gasteiger partial charge in [0.05, 0.1) is 4.92 Å². The predicted octanol–water partition coefficient (Wildman–Crippen LogP) is 2.71. The number of ether oxygens (including phenoxy) is 1. The van der Waals surface area contributed by atoms with Crippen molar-refractivity contribution in [3.8, 4) is 5.75 Å². The first-order valence-corrected chi connectivity index (χ1v) is 5.13. The van der Waals surface area contributed by atoms with Crippen molar-refractivity contribution in [2.75, 3.05) is 0 Å². The summed E-state index contributed by atoms with van der Waals surface area (Å²) in [6.07, 6.45) is 1.45. The molecule has 1 aromatic carbocycles. The Morgan fingerprint density at radius 1 is 1.28 bits per heavy atom. The van der Waals surface area contributed by atoms with Gasteiger partial charge in [-0.25, -0.2) is 4.39 Å². The summed E-state index contributed by atoms with van der Waals surface area (Å²) in [4.78, 5) is 14.1. The fourth-order valence-corrected chi connectivity index (χ4v) is 1.39. The first-order chi connectivity index (χ1) is 8.66. The van der Waals surface area contributed by atoms with Crippen LogP contribution in [0.5, 0.6) is 5.75 Å². The molecule has 0 atom stereocenters. The molecule has 92 valence electrons. The second-order valence-corrected chi connectivity index (χ2v) is 3.47. The van der Waals surface area contributed by atoms with E-state index in [4.69, 9.17) is 4.74 Å². The molecule has 1 aromatic heterocycles. The molecule has 5 nitrogen and oxygen atoms in total. The zero-order chi connectivity index (χ0) is 13.0. The van der Waals surface area contributed by atoms with Crippen molar-refractivity contribution in [1.29, 1.82) is 0 Å². The molecule has 1 heterocycles. The Hall–Kier alpha value is -2.50. The summed E-state index contributed by atoms with van der Waals surface area (Å²) in [7, 11) is 0. The average molecular weight is 248 g/mol. The van der Waals surface area contributed by atoms with Crippen LogP contribution in [0.15, 0.2) is 42.6 Å². The van der Waals surface area contributed by atoms with E-state index in [1.807, 2.05) is 0 Å². The van der Waals surface area contributed by atoms with Crippen LogP contribution in [0.25, 0.3) is 0 Å². The minimum atomic E-state index is -0.518. The lowest BCUT2D eigenvalue weighted by molar-refractivity contribution is -0.386. The first kappa shape index (κ1) is 12.0. The molecule has 0 radical (unpaired) electrons. The molecule has 0 aliphatic carbocycles. The quantitative estimate of drug-likeness (QED) is 0.616. The molecular weight excluding hydrogens is 239 g/mol. The number of hydrogen-bond donors (Lipinski definition) is 0. The van der Waals surface area contributed by atoms with Gasteiger partial charge in [0.25, 0.3) is 5.69 Å². The van der Waals surface area contributed by atoms with Crippen molar-refractivity contribution in [2.45, 2.75) is 6.61 Å². The van der Waals surface area contributed by atoms with Crippen LogP contribution >= 0.6 is 0 Å². The van der Waals surface area contributed by atoms with Crippen LogP contribution in [0.3, 0.4) is 0 Å². The van der Waals surface area contributed by atoms with Gasteiger partial charge < -0.3 is 4.74 Å². The van der Waals surface area contributed by atoms with Crippen molar-refractivity contribution in [3.05, 3.63) is 64.2 Å². The SMILES string of the molecule is O=[N+]([O-])c1cccnc1COc1ccc(F)cc1. The third kappa shape index (κ3) is 2.79. The van der Waals surface area contributed by atoms with Gasteiger partial charge in [-0.15, -0.1) is 0 Å². The van der Waals surface area contributed by atoms with Gasteiger partial charge in [-0.3, -0.25) is 15.1 Å². The molecular formula is C12H9FN2O3. The maximum atomic E-state index is 12.7. The fraction of sp³-hybridized carbons (Fsp3) is 0.0833. The minimum absolute atomic E-state index is 0.0389. The van der Waals surface area contributed by atoms with E-state index in [1.165, 1.54) is 42.6 Å². The van der Waals surface area contributed by atoms with Gasteiger partial charge in [-0.2, -0.15) is 0 Å². The maximum Gasteiger partial charge on any atom is 0.294 e. The molecule has 2 aromatic rings. The zero-order valence-corrected chi connectivity index (χ0v) is 9.25. The highest BCUT2D eigenvalue weighted by Gasteiger charge is 2.14. The summed E-state index contributed by atoms with van der Waals surface area (Å²) in [6, 6.07) is 8.24. The topological polar surface area (TPSA) is 65.3 Å². The Kier molecular flexibility index (Phi) is 3.47. The Morgan fingerprint density at radius 2 is 2.00 bits per heavy atom. The third-order valence-electron chi connectivity index (χ3n) is 2.25. The Bertz CT molecular complexity index is 558. The Labute approximate surface area is 102 Å². The highest BCUT2D eigenvalue weighted by Crippen LogP contribution is 2.18. The largest absolute Gasteiger partial charge is 0.487 e. The molecule has 6 heteroatoms. The van der Waals surface area contributed by atoms with Crippen molar-refractivity contribution in [1.82, 2.24) is 4.98 Å². The third-order valence-corrected chi connectivity index (χ3v) is 2.25. The number of rotatable bonds is 4. The number of nitro groups is 1. The van der Waals surface area contributed by atoms with E-state index in [-0.39, 0.29) is 23.8 Å². The van der Waals surface area contributed by atoms with Crippen molar-refractivity contribution in [2.24, 2.45) is 0 Å². The van der Waals surface area contributed by atoms with Crippen molar-refractivity contribution >= 4 is 5.69 Å². The van der Waals surface area contributed by atoms with Crippen LogP contribution in [0, 0.1) is 15.9 Å². The van der Waals surface area contributed by atoms with E-state index >= 15 is 0 Å². The molecule has 2 rings (SSSR count). The second kappa shape index (κ2) is 5.22. The van der Waals surface area contributed by atoms with Crippen molar-refractivity contribution in [3.63, 3.8) is 0 Å². The van der Waals surface area contributed by atoms with E-state index < -0.39 is 4.92 Å². The molecule has 0 saturated carbocycles. The summed E-state index contributed by atoms with van der Waals surface area (Å²) in [6.45, 7) is -0.0389. The Morgan fingerprint density at radius 3 is 2.67 bits per heavy atom. The smallest absolute Gasteiger partial charge is 0.294 e. The van der Waals surface area contributed by atoms with E-state index in [2.05, 4.69) is 4.98 Å². The summed E-state index contributed by atoms with van der Waals surface area (Å²) in [5.41, 5.74) is 0.131. The van der Waals surface area contributed by atoms with Gasteiger partial charge in [-0.1, -0.05) is 0 Å². The zero-order valence-electron chi connectivity index (χ0n) is 9.25. The summed E-state index contributed by atoms with van der Waals surface area (Å²) in [5, 5.41) is 10.7. The lowest BCUT2D eigenvalue weighted by atomic mass is 10.3. The molecule has 0 saturated heterocycles. The van der Waals surface area contributed by atoms with E-state index in [0.29, 0.717) is 5.75 Å². The molecule has 0 aliphatic rings. The number of aromatic nitrogens is 1. The number of hydrogen-bond acceptors (Lipinski definition) is 4. The van der Waals surface area contributed by atoms with E-state index in [1.54, 1.807) is 0 Å². The molecule has 0 fully saturated rings. The molecule has 0 unspecified atom stereocenters. The van der Waals surface area contributed by atoms with Gasteiger partial charge in [0.15, 0.2) is 5.69 Å². The van der Waals surface area contributed by atoms with Gasteiger partial charge in [0, 0.05) is 12.3 Å². The molecule has 0 bridgehead atoms. The van der Waals surface area contributed by atoms with E-state index in [9.17, 15) is 14.5 Å². The molecule has 0 N–H and O–H groups in total. The maximum absolute atomic E-state index is 12.7. The predicted molar refractivity (Wildman–Crippen MR) is 61.6 cm³/mol. The standard InChI is InChI=1S/C12H9FN2O3/c13-9-3-5-10(6-4-9)18-8-11-12(15(16)17)2-1-7-14-11/h1-7H,8H2. The number of nitrogens with zero attached hydrogens (tertiary/aromatic N) is 2. The van der Waals surface area contributed by atoms with Gasteiger partial charge in [0.1, 0.15) is 18.2 Å². The summed E-state index contributed by atoms with van der Waals surface area (Å²) >= 11 is 0. The Balaban J connectivity index is 2.10. The first-order valence-electron chi connectivity index (χ1n) is 5.13. The van der Waals surface area contributed by atoms with Crippen LogP contribution in [0.2, 0.25) is 0 Å². The van der Waals surface area contributed by atoms with Crippen molar-refractivity contribution < 1.29 is 14.1 Å². The summed E-state index contributed by atoms with van der Waals surface area (Å²) in [5.74, 6) is 0.0579. The lowest BCUT2D eigenvalue weighted by Gasteiger charge is -2.05. The van der Waals surface area contributed by atoms with Gasteiger partial charge in [0.2, 0.25) is 0 Å². The van der Waals surface area contributed by atoms with Crippen LogP contribution in [-0.4, -0.2) is 9.91 Å². The number of pyridine rings is 1. The molecule has 18 heavy (non-hydrogen) atoms. The molecule has 0 amide bonds. The highest BCUT2D eigenvalue weighted by atomic mass is 19.1. The van der Waals surface area contributed by atoms with Gasteiger partial charge in [-0.05, 0) is 30.3 Å². The average Bonchev–Trinajstić information content (AvgIpc) is 2.38. The number of benzene rings is 1.